The van der Waals surface area contributed by atoms with Crippen LogP contribution in [0.15, 0.2) is 18.2 Å². The van der Waals surface area contributed by atoms with Crippen LogP contribution in [0.3, 0.4) is 0 Å². The highest BCUT2D eigenvalue weighted by atomic mass is 14.7. The van der Waals surface area contributed by atoms with Gasteiger partial charge in [-0.05, 0) is 41.8 Å². The molecule has 0 spiro atoms. The van der Waals surface area contributed by atoms with Gasteiger partial charge in [0.25, 0.3) is 0 Å². The fraction of sp³-hybridized carbons (Fsp3) is 0.467. The van der Waals surface area contributed by atoms with Crippen molar-refractivity contribution in [2.45, 2.75) is 46.5 Å². The molecule has 0 aliphatic heterocycles. The molecule has 16 heavy (non-hydrogen) atoms. The summed E-state index contributed by atoms with van der Waals surface area (Å²) in [5.74, 6) is 0. The predicted molar refractivity (Wildman–Crippen MR) is 71.0 cm³/mol. The molecule has 0 aliphatic carbocycles. The number of aryl methyl sites for hydroxylation is 3. The van der Waals surface area contributed by atoms with Gasteiger partial charge in [-0.25, -0.2) is 0 Å². The average molecular weight is 215 g/mol. The van der Waals surface area contributed by atoms with Gasteiger partial charge in [-0.1, -0.05) is 39.3 Å². The Bertz CT molecular complexity index is 479. The summed E-state index contributed by atoms with van der Waals surface area (Å²) in [6.45, 7) is 6.70. The lowest BCUT2D eigenvalue weighted by atomic mass is 10.0. The second kappa shape index (κ2) is 4.73. The van der Waals surface area contributed by atoms with Crippen molar-refractivity contribution in [2.75, 3.05) is 0 Å². The van der Waals surface area contributed by atoms with Gasteiger partial charge in [0.05, 0.1) is 0 Å². The van der Waals surface area contributed by atoms with Crippen LogP contribution < -0.4 is 0 Å². The Balaban J connectivity index is 2.57. The van der Waals surface area contributed by atoms with E-state index in [1.165, 1.54) is 34.1 Å². The molecule has 86 valence electrons. The zero-order valence-electron chi connectivity index (χ0n) is 10.6. The number of nitrogens with one attached hydrogen (secondary N) is 1. The van der Waals surface area contributed by atoms with Crippen molar-refractivity contribution in [1.29, 1.82) is 0 Å². The first-order chi connectivity index (χ1) is 7.80. The molecule has 0 saturated carbocycles. The SMILES string of the molecule is CCCc1cc2ccc(CC)c(CC)c2[nH]1. The molecule has 0 aliphatic rings. The molecule has 2 aromatic rings. The van der Waals surface area contributed by atoms with Crippen LogP contribution in [0.25, 0.3) is 10.9 Å². The molecule has 0 saturated heterocycles. The summed E-state index contributed by atoms with van der Waals surface area (Å²) < 4.78 is 0. The second-order valence-corrected chi connectivity index (χ2v) is 4.42. The molecule has 0 amide bonds. The van der Waals surface area contributed by atoms with Gasteiger partial charge in [0.2, 0.25) is 0 Å². The highest BCUT2D eigenvalue weighted by molar-refractivity contribution is 5.84. The maximum Gasteiger partial charge on any atom is 0.0491 e. The third-order valence-corrected chi connectivity index (χ3v) is 3.31. The molecular weight excluding hydrogens is 194 g/mol. The zero-order valence-corrected chi connectivity index (χ0v) is 10.6. The number of hydrogen-bond donors (Lipinski definition) is 1. The lowest BCUT2D eigenvalue weighted by molar-refractivity contribution is 0.895. The van der Waals surface area contributed by atoms with Crippen LogP contribution in [-0.4, -0.2) is 4.98 Å². The summed E-state index contributed by atoms with van der Waals surface area (Å²) in [7, 11) is 0. The summed E-state index contributed by atoms with van der Waals surface area (Å²) in [4.78, 5) is 3.59. The first-order valence-corrected chi connectivity index (χ1v) is 6.42. The van der Waals surface area contributed by atoms with E-state index in [4.69, 9.17) is 0 Å². The van der Waals surface area contributed by atoms with Crippen molar-refractivity contribution >= 4 is 10.9 Å². The van der Waals surface area contributed by atoms with Gasteiger partial charge in [-0.3, -0.25) is 0 Å². The lowest BCUT2D eigenvalue weighted by Gasteiger charge is -2.06. The highest BCUT2D eigenvalue weighted by Gasteiger charge is 2.07. The normalized spacial score (nSPS) is 11.2. The van der Waals surface area contributed by atoms with E-state index in [1.807, 2.05) is 0 Å². The minimum absolute atomic E-state index is 1.12. The van der Waals surface area contributed by atoms with E-state index in [1.54, 1.807) is 0 Å². The maximum absolute atomic E-state index is 3.59. The molecule has 1 aromatic carbocycles. The summed E-state index contributed by atoms with van der Waals surface area (Å²) in [6, 6.07) is 6.84. The standard InChI is InChI=1S/C15H21N/c1-4-7-13-10-12-9-8-11(5-2)14(6-3)15(12)16-13/h8-10,16H,4-7H2,1-3H3. The topological polar surface area (TPSA) is 15.8 Å². The van der Waals surface area contributed by atoms with Crippen LogP contribution in [0.5, 0.6) is 0 Å². The van der Waals surface area contributed by atoms with Crippen molar-refractivity contribution in [1.82, 2.24) is 4.98 Å². The van der Waals surface area contributed by atoms with E-state index in [-0.39, 0.29) is 0 Å². The number of fused-ring (bicyclic) bond motifs is 1. The van der Waals surface area contributed by atoms with Crippen LogP contribution in [0, 0.1) is 0 Å². The van der Waals surface area contributed by atoms with Crippen molar-refractivity contribution in [2.24, 2.45) is 0 Å². The number of rotatable bonds is 4. The monoisotopic (exact) mass is 215 g/mol. The first kappa shape index (κ1) is 11.3. The second-order valence-electron chi connectivity index (χ2n) is 4.42. The van der Waals surface area contributed by atoms with Gasteiger partial charge in [-0.2, -0.15) is 0 Å². The average Bonchev–Trinajstić information content (AvgIpc) is 2.70. The van der Waals surface area contributed by atoms with Crippen molar-refractivity contribution in [3.05, 3.63) is 35.0 Å². The van der Waals surface area contributed by atoms with E-state index in [0.717, 1.165) is 19.3 Å². The van der Waals surface area contributed by atoms with E-state index < -0.39 is 0 Å². The summed E-state index contributed by atoms with van der Waals surface area (Å²) in [6.07, 6.45) is 4.60. The highest BCUT2D eigenvalue weighted by Crippen LogP contribution is 2.24. The molecule has 1 N–H and O–H groups in total. The Morgan fingerprint density at radius 1 is 1.06 bits per heavy atom. The molecule has 1 heteroatoms. The van der Waals surface area contributed by atoms with Gasteiger partial charge in [-0.15, -0.1) is 0 Å². The summed E-state index contributed by atoms with van der Waals surface area (Å²) >= 11 is 0. The van der Waals surface area contributed by atoms with Gasteiger partial charge in [0.15, 0.2) is 0 Å². The Morgan fingerprint density at radius 2 is 1.88 bits per heavy atom. The van der Waals surface area contributed by atoms with Gasteiger partial charge < -0.3 is 4.98 Å². The van der Waals surface area contributed by atoms with Crippen molar-refractivity contribution < 1.29 is 0 Å². The van der Waals surface area contributed by atoms with Crippen LogP contribution in [0.4, 0.5) is 0 Å². The third-order valence-electron chi connectivity index (χ3n) is 3.31. The smallest absolute Gasteiger partial charge is 0.0491 e. The third kappa shape index (κ3) is 1.87. The van der Waals surface area contributed by atoms with Crippen LogP contribution >= 0.6 is 0 Å². The molecule has 1 heterocycles. The minimum atomic E-state index is 1.12. The largest absolute Gasteiger partial charge is 0.358 e. The molecule has 0 radical (unpaired) electrons. The molecule has 0 bridgehead atoms. The number of aromatic nitrogens is 1. The van der Waals surface area contributed by atoms with E-state index in [0.29, 0.717) is 0 Å². The van der Waals surface area contributed by atoms with E-state index in [2.05, 4.69) is 44.0 Å². The minimum Gasteiger partial charge on any atom is -0.358 e. The van der Waals surface area contributed by atoms with Crippen molar-refractivity contribution in [3.63, 3.8) is 0 Å². The molecule has 1 nitrogen and oxygen atoms in total. The molecule has 2 rings (SSSR count). The Labute approximate surface area is 97.9 Å². The molecule has 0 unspecified atom stereocenters. The summed E-state index contributed by atoms with van der Waals surface area (Å²) in [5.41, 5.74) is 5.73. The molecule has 1 aromatic heterocycles. The van der Waals surface area contributed by atoms with Gasteiger partial charge in [0, 0.05) is 11.2 Å². The van der Waals surface area contributed by atoms with E-state index in [9.17, 15) is 0 Å². The maximum atomic E-state index is 3.59. The van der Waals surface area contributed by atoms with Gasteiger partial charge in [0.1, 0.15) is 0 Å². The number of benzene rings is 1. The molecule has 0 atom stereocenters. The van der Waals surface area contributed by atoms with Crippen LogP contribution in [-0.2, 0) is 19.3 Å². The molecule has 0 fully saturated rings. The van der Waals surface area contributed by atoms with Crippen LogP contribution in [0.2, 0.25) is 0 Å². The Hall–Kier alpha value is -1.24. The Morgan fingerprint density at radius 3 is 2.50 bits per heavy atom. The number of H-pyrrole nitrogens is 1. The molecular formula is C15H21N. The fourth-order valence-electron chi connectivity index (χ4n) is 2.50. The summed E-state index contributed by atoms with van der Waals surface area (Å²) in [5, 5.41) is 1.37. The fourth-order valence-corrected chi connectivity index (χ4v) is 2.50. The lowest BCUT2D eigenvalue weighted by Crippen LogP contribution is -1.92. The van der Waals surface area contributed by atoms with Crippen LogP contribution in [0.1, 0.15) is 44.0 Å². The number of hydrogen-bond acceptors (Lipinski definition) is 0. The quantitative estimate of drug-likeness (QED) is 0.785. The number of aromatic amines is 1. The first-order valence-electron chi connectivity index (χ1n) is 6.42. The Kier molecular flexibility index (Phi) is 3.33. The van der Waals surface area contributed by atoms with Gasteiger partial charge >= 0.3 is 0 Å². The van der Waals surface area contributed by atoms with E-state index >= 15 is 0 Å². The predicted octanol–water partition coefficient (Wildman–Crippen LogP) is 4.25. The zero-order chi connectivity index (χ0) is 11.5. The van der Waals surface area contributed by atoms with Crippen molar-refractivity contribution in [3.8, 4) is 0 Å².